The summed E-state index contributed by atoms with van der Waals surface area (Å²) in [7, 11) is 0. The molecule has 2 N–H and O–H groups in total. The fourth-order valence-electron chi connectivity index (χ4n) is 3.39. The van der Waals surface area contributed by atoms with E-state index in [-0.39, 0.29) is 0 Å². The molecular weight excluding hydrogens is 246 g/mol. The van der Waals surface area contributed by atoms with Crippen molar-refractivity contribution in [3.8, 4) is 6.07 Å². The summed E-state index contributed by atoms with van der Waals surface area (Å²) in [6.45, 7) is 3.52. The van der Waals surface area contributed by atoms with E-state index in [2.05, 4.69) is 28.8 Å². The molecule has 0 amide bonds. The van der Waals surface area contributed by atoms with Gasteiger partial charge in [-0.15, -0.1) is 0 Å². The molecule has 0 atom stereocenters. The van der Waals surface area contributed by atoms with Crippen LogP contribution < -0.4 is 10.6 Å². The third-order valence-corrected chi connectivity index (χ3v) is 4.81. The highest BCUT2D eigenvalue weighted by Crippen LogP contribution is 2.34. The third-order valence-electron chi connectivity index (χ3n) is 4.81. The topological polar surface area (TPSA) is 47.9 Å². The molecule has 0 spiro atoms. The van der Waals surface area contributed by atoms with Crippen LogP contribution in [-0.4, -0.2) is 25.7 Å². The molecule has 1 aliphatic carbocycles. The predicted octanol–water partition coefficient (Wildman–Crippen LogP) is 2.39. The number of benzene rings is 1. The summed E-state index contributed by atoms with van der Waals surface area (Å²) in [5.74, 6) is 1.42. The van der Waals surface area contributed by atoms with Crippen LogP contribution in [0, 0.1) is 17.2 Å². The van der Waals surface area contributed by atoms with E-state index in [0.29, 0.717) is 12.0 Å². The van der Waals surface area contributed by atoms with Crippen LogP contribution in [0.5, 0.6) is 0 Å². The van der Waals surface area contributed by atoms with Crippen molar-refractivity contribution in [1.82, 2.24) is 10.6 Å². The van der Waals surface area contributed by atoms with Gasteiger partial charge in [0.15, 0.2) is 0 Å². The van der Waals surface area contributed by atoms with Crippen LogP contribution in [0.4, 0.5) is 0 Å². The van der Waals surface area contributed by atoms with Crippen molar-refractivity contribution in [3.05, 3.63) is 35.4 Å². The largest absolute Gasteiger partial charge is 0.316 e. The van der Waals surface area contributed by atoms with Crippen LogP contribution in [-0.2, 0) is 0 Å². The Morgan fingerprint density at radius 3 is 2.55 bits per heavy atom. The van der Waals surface area contributed by atoms with Gasteiger partial charge in [-0.05, 0) is 49.1 Å². The van der Waals surface area contributed by atoms with E-state index >= 15 is 0 Å². The first kappa shape index (κ1) is 13.6. The maximum atomic E-state index is 9.21. The maximum Gasteiger partial charge on any atom is 0.0994 e. The molecule has 0 bridgehead atoms. The molecule has 3 rings (SSSR count). The van der Waals surface area contributed by atoms with Crippen molar-refractivity contribution in [1.29, 1.82) is 5.26 Å². The van der Waals surface area contributed by atoms with Gasteiger partial charge in [0, 0.05) is 25.7 Å². The molecule has 0 unspecified atom stereocenters. The summed E-state index contributed by atoms with van der Waals surface area (Å²) in [6, 6.07) is 11.1. The highest BCUT2D eigenvalue weighted by atomic mass is 15.0. The average Bonchev–Trinajstić information content (AvgIpc) is 2.46. The van der Waals surface area contributed by atoms with Gasteiger partial charge < -0.3 is 10.6 Å². The zero-order valence-corrected chi connectivity index (χ0v) is 11.9. The van der Waals surface area contributed by atoms with Crippen LogP contribution in [0.1, 0.15) is 42.7 Å². The minimum absolute atomic E-state index is 0.578. The van der Waals surface area contributed by atoms with Gasteiger partial charge in [0.05, 0.1) is 11.6 Å². The van der Waals surface area contributed by atoms with E-state index in [1.807, 2.05) is 12.1 Å². The van der Waals surface area contributed by atoms with Crippen LogP contribution in [0.3, 0.4) is 0 Å². The van der Waals surface area contributed by atoms with Gasteiger partial charge in [-0.1, -0.05) is 18.2 Å². The Kier molecular flexibility index (Phi) is 4.34. The van der Waals surface area contributed by atoms with Gasteiger partial charge in [0.1, 0.15) is 0 Å². The average molecular weight is 269 g/mol. The van der Waals surface area contributed by atoms with Crippen molar-refractivity contribution in [2.45, 2.75) is 37.6 Å². The first-order chi connectivity index (χ1) is 9.86. The molecule has 20 heavy (non-hydrogen) atoms. The summed E-state index contributed by atoms with van der Waals surface area (Å²) in [6.07, 6.45) is 4.90. The normalized spacial score (nSPS) is 26.8. The molecule has 0 radical (unpaired) electrons. The van der Waals surface area contributed by atoms with Gasteiger partial charge in [-0.25, -0.2) is 0 Å². The number of nitrogens with one attached hydrogen (secondary N) is 2. The first-order valence-electron chi connectivity index (χ1n) is 7.80. The number of rotatable bonds is 4. The molecule has 106 valence electrons. The SMILES string of the molecule is N#Cc1ccccc1C1CCC(NCC2CNC2)CC1. The van der Waals surface area contributed by atoms with Crippen LogP contribution in [0.15, 0.2) is 24.3 Å². The third kappa shape index (κ3) is 3.03. The van der Waals surface area contributed by atoms with E-state index in [1.54, 1.807) is 0 Å². The summed E-state index contributed by atoms with van der Waals surface area (Å²) in [5, 5.41) is 16.3. The molecule has 1 heterocycles. The summed E-state index contributed by atoms with van der Waals surface area (Å²) < 4.78 is 0. The summed E-state index contributed by atoms with van der Waals surface area (Å²) >= 11 is 0. The minimum Gasteiger partial charge on any atom is -0.316 e. The monoisotopic (exact) mass is 269 g/mol. The number of nitriles is 1. The zero-order chi connectivity index (χ0) is 13.8. The second-order valence-electron chi connectivity index (χ2n) is 6.18. The molecule has 1 aromatic rings. The van der Waals surface area contributed by atoms with Crippen LogP contribution in [0.2, 0.25) is 0 Å². The summed E-state index contributed by atoms with van der Waals surface area (Å²) in [5.41, 5.74) is 2.13. The zero-order valence-electron chi connectivity index (χ0n) is 11.9. The number of nitrogens with zero attached hydrogens (tertiary/aromatic N) is 1. The first-order valence-corrected chi connectivity index (χ1v) is 7.80. The maximum absolute atomic E-state index is 9.21. The van der Waals surface area contributed by atoms with E-state index in [0.717, 1.165) is 18.0 Å². The Bertz CT molecular complexity index is 479. The molecule has 1 saturated heterocycles. The highest BCUT2D eigenvalue weighted by Gasteiger charge is 2.25. The molecule has 0 aromatic heterocycles. The Morgan fingerprint density at radius 2 is 1.90 bits per heavy atom. The van der Waals surface area contributed by atoms with Crippen molar-refractivity contribution < 1.29 is 0 Å². The second-order valence-corrected chi connectivity index (χ2v) is 6.18. The minimum atomic E-state index is 0.578. The van der Waals surface area contributed by atoms with E-state index in [1.165, 1.54) is 44.3 Å². The summed E-state index contributed by atoms with van der Waals surface area (Å²) in [4.78, 5) is 0. The highest BCUT2D eigenvalue weighted by molar-refractivity contribution is 5.39. The molecule has 1 aliphatic heterocycles. The Labute approximate surface area is 121 Å². The molecule has 3 heteroatoms. The smallest absolute Gasteiger partial charge is 0.0994 e. The molecule has 2 aliphatic rings. The molecule has 2 fully saturated rings. The quantitative estimate of drug-likeness (QED) is 0.882. The Balaban J connectivity index is 1.51. The fraction of sp³-hybridized carbons (Fsp3) is 0.588. The van der Waals surface area contributed by atoms with Crippen molar-refractivity contribution in [2.24, 2.45) is 5.92 Å². The van der Waals surface area contributed by atoms with Crippen LogP contribution >= 0.6 is 0 Å². The molecule has 3 nitrogen and oxygen atoms in total. The van der Waals surface area contributed by atoms with Gasteiger partial charge in [-0.2, -0.15) is 5.26 Å². The van der Waals surface area contributed by atoms with Crippen molar-refractivity contribution in [3.63, 3.8) is 0 Å². The van der Waals surface area contributed by atoms with Crippen molar-refractivity contribution >= 4 is 0 Å². The molecule has 1 aromatic carbocycles. The second kappa shape index (κ2) is 6.39. The Hall–Kier alpha value is -1.37. The lowest BCUT2D eigenvalue weighted by Gasteiger charge is -2.33. The lowest BCUT2D eigenvalue weighted by Crippen LogP contribution is -2.49. The van der Waals surface area contributed by atoms with E-state index in [4.69, 9.17) is 0 Å². The van der Waals surface area contributed by atoms with Gasteiger partial charge in [0.25, 0.3) is 0 Å². The van der Waals surface area contributed by atoms with Gasteiger partial charge in [-0.3, -0.25) is 0 Å². The Morgan fingerprint density at radius 1 is 1.15 bits per heavy atom. The fourth-order valence-corrected chi connectivity index (χ4v) is 3.39. The van der Waals surface area contributed by atoms with E-state index in [9.17, 15) is 5.26 Å². The lowest BCUT2D eigenvalue weighted by atomic mass is 9.80. The number of hydrogen-bond donors (Lipinski definition) is 2. The predicted molar refractivity (Wildman–Crippen MR) is 80.5 cm³/mol. The van der Waals surface area contributed by atoms with Gasteiger partial charge in [0.2, 0.25) is 0 Å². The number of hydrogen-bond acceptors (Lipinski definition) is 3. The lowest BCUT2D eigenvalue weighted by molar-refractivity contribution is 0.282. The molecular formula is C17H23N3. The van der Waals surface area contributed by atoms with Gasteiger partial charge >= 0.3 is 0 Å². The standard InChI is InChI=1S/C17H23N3/c18-9-15-3-1-2-4-17(15)14-5-7-16(8-6-14)20-12-13-10-19-11-13/h1-4,13-14,16,19-20H,5-8,10-12H2. The van der Waals surface area contributed by atoms with Crippen molar-refractivity contribution in [2.75, 3.05) is 19.6 Å². The molecule has 1 saturated carbocycles. The van der Waals surface area contributed by atoms with E-state index < -0.39 is 0 Å². The van der Waals surface area contributed by atoms with Crippen LogP contribution in [0.25, 0.3) is 0 Å².